The second kappa shape index (κ2) is 7.88. The topological polar surface area (TPSA) is 62.3 Å². The number of rotatable bonds is 3. The van der Waals surface area contributed by atoms with Crippen LogP contribution < -0.4 is 5.32 Å². The first-order valence-electron chi connectivity index (χ1n) is 8.47. The maximum atomic E-state index is 13.7. The van der Waals surface area contributed by atoms with Crippen LogP contribution in [0, 0.1) is 5.82 Å². The van der Waals surface area contributed by atoms with Gasteiger partial charge in [0, 0.05) is 13.1 Å². The minimum atomic E-state index is -0.546. The number of nitrogens with zero attached hydrogens (tertiary/aromatic N) is 2. The zero-order chi connectivity index (χ0) is 17.6. The first-order chi connectivity index (χ1) is 12.1. The highest BCUT2D eigenvalue weighted by atomic mass is 19.1. The molecule has 0 radical (unpaired) electrons. The Bertz CT molecular complexity index is 771. The summed E-state index contributed by atoms with van der Waals surface area (Å²) in [6.07, 6.45) is 4.23. The van der Waals surface area contributed by atoms with Gasteiger partial charge in [-0.3, -0.25) is 9.59 Å². The molecule has 0 atom stereocenters. The molecule has 5 nitrogen and oxygen atoms in total. The molecular formula is C19H20FN3O2. The normalized spacial score (nSPS) is 14.7. The van der Waals surface area contributed by atoms with Crippen LogP contribution in [0.3, 0.4) is 0 Å². The molecule has 6 heteroatoms. The zero-order valence-corrected chi connectivity index (χ0v) is 13.9. The van der Waals surface area contributed by atoms with Gasteiger partial charge in [0.2, 0.25) is 0 Å². The molecule has 130 valence electrons. The molecule has 0 bridgehead atoms. The largest absolute Gasteiger partial charge is 0.337 e. The molecule has 2 aromatic rings. The van der Waals surface area contributed by atoms with E-state index in [2.05, 4.69) is 10.3 Å². The summed E-state index contributed by atoms with van der Waals surface area (Å²) in [5.74, 6) is -1.23. The lowest BCUT2D eigenvalue weighted by molar-refractivity contribution is 0.0755. The van der Waals surface area contributed by atoms with Gasteiger partial charge in [0.1, 0.15) is 17.2 Å². The average molecular weight is 341 g/mol. The van der Waals surface area contributed by atoms with Crippen LogP contribution in [-0.2, 0) is 0 Å². The number of carbonyl (C=O) groups excluding carboxylic acids is 2. The minimum absolute atomic E-state index is 0.0820. The third-order valence-corrected chi connectivity index (χ3v) is 4.22. The monoisotopic (exact) mass is 341 g/mol. The number of amides is 2. The fourth-order valence-electron chi connectivity index (χ4n) is 2.86. The number of anilines is 1. The molecule has 1 aromatic carbocycles. The van der Waals surface area contributed by atoms with Crippen LogP contribution in [0.25, 0.3) is 0 Å². The summed E-state index contributed by atoms with van der Waals surface area (Å²) in [6, 6.07) is 10.6. The number of carbonyl (C=O) groups is 2. The van der Waals surface area contributed by atoms with Crippen molar-refractivity contribution >= 4 is 17.5 Å². The summed E-state index contributed by atoms with van der Waals surface area (Å²) in [6.45, 7) is 1.43. The maximum absolute atomic E-state index is 13.7. The Balaban J connectivity index is 1.75. The predicted molar refractivity (Wildman–Crippen MR) is 93.0 cm³/mol. The smallest absolute Gasteiger partial charge is 0.274 e. The second-order valence-corrected chi connectivity index (χ2v) is 6.05. The SMILES string of the molecule is O=C(Nc1ccccc1F)c1cccc(C(=O)N2CCCCCC2)n1. The van der Waals surface area contributed by atoms with E-state index >= 15 is 0 Å². The molecular weight excluding hydrogens is 321 g/mol. The van der Waals surface area contributed by atoms with E-state index in [9.17, 15) is 14.0 Å². The Kier molecular flexibility index (Phi) is 5.38. The molecule has 1 aliphatic rings. The third kappa shape index (κ3) is 4.21. The molecule has 2 amide bonds. The van der Waals surface area contributed by atoms with Crippen molar-refractivity contribution in [3.05, 3.63) is 59.7 Å². The lowest BCUT2D eigenvalue weighted by atomic mass is 10.2. The molecule has 1 aromatic heterocycles. The van der Waals surface area contributed by atoms with Gasteiger partial charge in [-0.15, -0.1) is 0 Å². The lowest BCUT2D eigenvalue weighted by Crippen LogP contribution is -2.32. The first kappa shape index (κ1) is 17.1. The number of hydrogen-bond donors (Lipinski definition) is 1. The Labute approximate surface area is 145 Å². The number of halogens is 1. The van der Waals surface area contributed by atoms with Crippen molar-refractivity contribution in [3.63, 3.8) is 0 Å². The molecule has 3 rings (SSSR count). The van der Waals surface area contributed by atoms with Gasteiger partial charge >= 0.3 is 0 Å². The van der Waals surface area contributed by atoms with Crippen molar-refractivity contribution in [2.45, 2.75) is 25.7 Å². The van der Waals surface area contributed by atoms with Crippen LogP contribution in [0.4, 0.5) is 10.1 Å². The molecule has 2 heterocycles. The number of benzene rings is 1. The highest BCUT2D eigenvalue weighted by Gasteiger charge is 2.20. The number of para-hydroxylation sites is 1. The van der Waals surface area contributed by atoms with Gasteiger partial charge in [-0.2, -0.15) is 0 Å². The van der Waals surface area contributed by atoms with Gasteiger partial charge in [0.05, 0.1) is 5.69 Å². The van der Waals surface area contributed by atoms with Gasteiger partial charge in [-0.1, -0.05) is 31.0 Å². The van der Waals surface area contributed by atoms with Crippen LogP contribution in [0.1, 0.15) is 46.7 Å². The zero-order valence-electron chi connectivity index (χ0n) is 13.9. The van der Waals surface area contributed by atoms with Crippen molar-refractivity contribution in [1.29, 1.82) is 0 Å². The number of pyridine rings is 1. The molecule has 1 saturated heterocycles. The van der Waals surface area contributed by atoms with Crippen LogP contribution in [0.5, 0.6) is 0 Å². The quantitative estimate of drug-likeness (QED) is 0.929. The number of aromatic nitrogens is 1. The van der Waals surface area contributed by atoms with Gasteiger partial charge in [-0.25, -0.2) is 9.37 Å². The summed E-state index contributed by atoms with van der Waals surface area (Å²) in [4.78, 5) is 30.9. The van der Waals surface area contributed by atoms with E-state index in [1.165, 1.54) is 18.2 Å². The number of nitrogens with one attached hydrogen (secondary N) is 1. The Hall–Kier alpha value is -2.76. The van der Waals surface area contributed by atoms with Crippen molar-refractivity contribution in [3.8, 4) is 0 Å². The summed E-state index contributed by atoms with van der Waals surface area (Å²) >= 11 is 0. The first-order valence-corrected chi connectivity index (χ1v) is 8.47. The Morgan fingerprint density at radius 3 is 2.32 bits per heavy atom. The molecule has 0 unspecified atom stereocenters. The van der Waals surface area contributed by atoms with E-state index in [-0.39, 0.29) is 23.0 Å². The van der Waals surface area contributed by atoms with E-state index in [4.69, 9.17) is 0 Å². The van der Waals surface area contributed by atoms with Crippen molar-refractivity contribution in [1.82, 2.24) is 9.88 Å². The molecule has 0 spiro atoms. The summed E-state index contributed by atoms with van der Waals surface area (Å²) in [7, 11) is 0. The molecule has 1 N–H and O–H groups in total. The van der Waals surface area contributed by atoms with E-state index < -0.39 is 11.7 Å². The Morgan fingerprint density at radius 2 is 1.60 bits per heavy atom. The van der Waals surface area contributed by atoms with Gasteiger partial charge < -0.3 is 10.2 Å². The summed E-state index contributed by atoms with van der Waals surface area (Å²) in [5, 5.41) is 2.48. The van der Waals surface area contributed by atoms with Gasteiger partial charge in [0.15, 0.2) is 0 Å². The average Bonchev–Trinajstić information content (AvgIpc) is 2.92. The fraction of sp³-hybridized carbons (Fsp3) is 0.316. The van der Waals surface area contributed by atoms with Gasteiger partial charge in [-0.05, 0) is 37.1 Å². The molecule has 1 aliphatic heterocycles. The molecule has 0 aliphatic carbocycles. The van der Waals surface area contributed by atoms with E-state index in [0.29, 0.717) is 13.1 Å². The van der Waals surface area contributed by atoms with Crippen molar-refractivity contribution in [2.24, 2.45) is 0 Å². The molecule has 0 saturated carbocycles. The highest BCUT2D eigenvalue weighted by molar-refractivity contribution is 6.03. The van der Waals surface area contributed by atoms with Crippen LogP contribution in [0.15, 0.2) is 42.5 Å². The van der Waals surface area contributed by atoms with E-state index in [0.717, 1.165) is 25.7 Å². The molecule has 25 heavy (non-hydrogen) atoms. The highest BCUT2D eigenvalue weighted by Crippen LogP contribution is 2.15. The number of hydrogen-bond acceptors (Lipinski definition) is 3. The van der Waals surface area contributed by atoms with Crippen molar-refractivity contribution < 1.29 is 14.0 Å². The van der Waals surface area contributed by atoms with Crippen LogP contribution in [-0.4, -0.2) is 34.8 Å². The molecule has 1 fully saturated rings. The van der Waals surface area contributed by atoms with E-state index in [1.54, 1.807) is 29.2 Å². The van der Waals surface area contributed by atoms with Gasteiger partial charge in [0.25, 0.3) is 11.8 Å². The van der Waals surface area contributed by atoms with Crippen LogP contribution >= 0.6 is 0 Å². The minimum Gasteiger partial charge on any atom is -0.337 e. The second-order valence-electron chi connectivity index (χ2n) is 6.05. The van der Waals surface area contributed by atoms with E-state index in [1.807, 2.05) is 0 Å². The number of likely N-dealkylation sites (tertiary alicyclic amines) is 1. The summed E-state index contributed by atoms with van der Waals surface area (Å²) in [5.41, 5.74) is 0.408. The Morgan fingerprint density at radius 1 is 0.920 bits per heavy atom. The third-order valence-electron chi connectivity index (χ3n) is 4.22. The fourth-order valence-corrected chi connectivity index (χ4v) is 2.86. The standard InChI is InChI=1S/C19H20FN3O2/c20-14-8-3-4-9-15(14)22-18(24)16-10-7-11-17(21-16)19(25)23-12-5-1-2-6-13-23/h3-4,7-11H,1-2,5-6,12-13H2,(H,22,24). The lowest BCUT2D eigenvalue weighted by Gasteiger charge is -2.19. The maximum Gasteiger partial charge on any atom is 0.274 e. The van der Waals surface area contributed by atoms with Crippen molar-refractivity contribution in [2.75, 3.05) is 18.4 Å². The summed E-state index contributed by atoms with van der Waals surface area (Å²) < 4.78 is 13.7. The predicted octanol–water partition coefficient (Wildman–Crippen LogP) is 3.49. The van der Waals surface area contributed by atoms with Crippen LogP contribution in [0.2, 0.25) is 0 Å².